The molecule has 19 heavy (non-hydrogen) atoms. The molecule has 0 radical (unpaired) electrons. The maximum absolute atomic E-state index is 9.48. The lowest BCUT2D eigenvalue weighted by Crippen LogP contribution is -1.92. The Kier molecular flexibility index (Phi) is 4.35. The van der Waals surface area contributed by atoms with Crippen LogP contribution in [0.2, 0.25) is 10.0 Å². The average Bonchev–Trinajstić information content (AvgIpc) is 2.34. The van der Waals surface area contributed by atoms with Crippen LogP contribution in [0.25, 0.3) is 0 Å². The molecule has 0 saturated heterocycles. The second-order valence-electron chi connectivity index (χ2n) is 4.40. The molecule has 4 heteroatoms. The van der Waals surface area contributed by atoms with Gasteiger partial charge in [-0.25, -0.2) is 0 Å². The summed E-state index contributed by atoms with van der Waals surface area (Å²) in [6, 6.07) is 10.7. The number of ether oxygens (including phenoxy) is 1. The summed E-state index contributed by atoms with van der Waals surface area (Å²) in [6.07, 6.45) is -0.561. The van der Waals surface area contributed by atoms with E-state index in [-0.39, 0.29) is 0 Å². The van der Waals surface area contributed by atoms with E-state index in [2.05, 4.69) is 0 Å². The molecule has 1 N–H and O–H groups in total. The molecule has 0 aliphatic heterocycles. The first-order chi connectivity index (χ1) is 8.97. The predicted octanol–water partition coefficient (Wildman–Crippen LogP) is 5.15. The number of benzene rings is 2. The van der Waals surface area contributed by atoms with Crippen molar-refractivity contribution >= 4 is 23.2 Å². The highest BCUT2D eigenvalue weighted by Crippen LogP contribution is 2.35. The standard InChI is InChI=1S/C15H14Cl2O2/c1-9-3-5-14(12(16)7-9)19-15-6-4-11(10(2)18)8-13(15)17/h3-8,10,18H,1-2H3. The van der Waals surface area contributed by atoms with Gasteiger partial charge in [0, 0.05) is 0 Å². The second kappa shape index (κ2) is 5.83. The van der Waals surface area contributed by atoms with Crippen molar-refractivity contribution in [1.29, 1.82) is 0 Å². The Balaban J connectivity index is 2.28. The van der Waals surface area contributed by atoms with Crippen molar-refractivity contribution in [2.75, 3.05) is 0 Å². The molecule has 1 atom stereocenters. The van der Waals surface area contributed by atoms with Crippen molar-refractivity contribution < 1.29 is 9.84 Å². The quantitative estimate of drug-likeness (QED) is 0.849. The lowest BCUT2D eigenvalue weighted by molar-refractivity contribution is 0.199. The van der Waals surface area contributed by atoms with Gasteiger partial charge in [-0.1, -0.05) is 35.3 Å². The molecule has 1 unspecified atom stereocenters. The number of hydrogen-bond donors (Lipinski definition) is 1. The first-order valence-electron chi connectivity index (χ1n) is 5.89. The molecule has 0 aliphatic carbocycles. The van der Waals surface area contributed by atoms with Gasteiger partial charge in [-0.3, -0.25) is 0 Å². The van der Waals surface area contributed by atoms with E-state index in [1.54, 1.807) is 31.2 Å². The molecule has 2 aromatic rings. The van der Waals surface area contributed by atoms with E-state index in [0.29, 0.717) is 21.5 Å². The van der Waals surface area contributed by atoms with Crippen molar-refractivity contribution in [3.63, 3.8) is 0 Å². The van der Waals surface area contributed by atoms with E-state index in [1.807, 2.05) is 19.1 Å². The average molecular weight is 297 g/mol. The first kappa shape index (κ1) is 14.2. The SMILES string of the molecule is Cc1ccc(Oc2ccc(C(C)O)cc2Cl)c(Cl)c1. The van der Waals surface area contributed by atoms with Gasteiger partial charge >= 0.3 is 0 Å². The molecule has 0 spiro atoms. The van der Waals surface area contributed by atoms with Crippen LogP contribution in [0.3, 0.4) is 0 Å². The van der Waals surface area contributed by atoms with Crippen LogP contribution in [0.4, 0.5) is 0 Å². The molecular weight excluding hydrogens is 283 g/mol. The molecule has 0 fully saturated rings. The predicted molar refractivity (Wildman–Crippen MR) is 78.3 cm³/mol. The highest BCUT2D eigenvalue weighted by atomic mass is 35.5. The molecule has 0 aliphatic rings. The Morgan fingerprint density at radius 1 is 1.00 bits per heavy atom. The summed E-state index contributed by atoms with van der Waals surface area (Å²) in [6.45, 7) is 3.64. The van der Waals surface area contributed by atoms with Crippen LogP contribution in [0.5, 0.6) is 11.5 Å². The smallest absolute Gasteiger partial charge is 0.146 e. The third-order valence-corrected chi connectivity index (χ3v) is 3.34. The van der Waals surface area contributed by atoms with Crippen LogP contribution in [-0.2, 0) is 0 Å². The van der Waals surface area contributed by atoms with Gasteiger partial charge in [-0.15, -0.1) is 0 Å². The summed E-state index contributed by atoms with van der Waals surface area (Å²) in [7, 11) is 0. The Labute approximate surface area is 122 Å². The Morgan fingerprint density at radius 2 is 1.58 bits per heavy atom. The van der Waals surface area contributed by atoms with Crippen molar-refractivity contribution in [1.82, 2.24) is 0 Å². The summed E-state index contributed by atoms with van der Waals surface area (Å²) in [5.41, 5.74) is 1.81. The maximum atomic E-state index is 9.48. The van der Waals surface area contributed by atoms with Crippen molar-refractivity contribution in [3.8, 4) is 11.5 Å². The largest absolute Gasteiger partial charge is 0.454 e. The zero-order valence-electron chi connectivity index (χ0n) is 10.7. The molecule has 100 valence electrons. The van der Waals surface area contributed by atoms with E-state index < -0.39 is 6.10 Å². The van der Waals surface area contributed by atoms with E-state index in [4.69, 9.17) is 27.9 Å². The van der Waals surface area contributed by atoms with Gasteiger partial charge in [0.25, 0.3) is 0 Å². The number of aliphatic hydroxyl groups is 1. The topological polar surface area (TPSA) is 29.5 Å². The lowest BCUT2D eigenvalue weighted by atomic mass is 10.1. The summed E-state index contributed by atoms with van der Waals surface area (Å²) in [4.78, 5) is 0. The van der Waals surface area contributed by atoms with E-state index >= 15 is 0 Å². The molecule has 0 saturated carbocycles. The minimum absolute atomic E-state index is 0.440. The van der Waals surface area contributed by atoms with Crippen molar-refractivity contribution in [2.24, 2.45) is 0 Å². The fourth-order valence-electron chi connectivity index (χ4n) is 1.67. The van der Waals surface area contributed by atoms with E-state index in [0.717, 1.165) is 11.1 Å². The third kappa shape index (κ3) is 3.41. The zero-order valence-corrected chi connectivity index (χ0v) is 12.2. The second-order valence-corrected chi connectivity index (χ2v) is 5.22. The van der Waals surface area contributed by atoms with Gasteiger partial charge in [0.1, 0.15) is 11.5 Å². The normalized spacial score (nSPS) is 12.3. The van der Waals surface area contributed by atoms with E-state index in [1.165, 1.54) is 0 Å². The van der Waals surface area contributed by atoms with Crippen molar-refractivity contribution in [2.45, 2.75) is 20.0 Å². The number of rotatable bonds is 3. The van der Waals surface area contributed by atoms with Gasteiger partial charge in [-0.05, 0) is 49.2 Å². The van der Waals surface area contributed by atoms with Gasteiger partial charge in [-0.2, -0.15) is 0 Å². The maximum Gasteiger partial charge on any atom is 0.146 e. The first-order valence-corrected chi connectivity index (χ1v) is 6.64. The van der Waals surface area contributed by atoms with Gasteiger partial charge in [0.2, 0.25) is 0 Å². The van der Waals surface area contributed by atoms with Crippen LogP contribution >= 0.6 is 23.2 Å². The molecule has 0 aromatic heterocycles. The number of aryl methyl sites for hydroxylation is 1. The Hall–Kier alpha value is -1.22. The molecule has 2 aromatic carbocycles. The van der Waals surface area contributed by atoms with Crippen LogP contribution in [-0.4, -0.2) is 5.11 Å². The zero-order chi connectivity index (χ0) is 14.0. The monoisotopic (exact) mass is 296 g/mol. The summed E-state index contributed by atoms with van der Waals surface area (Å²) in [5, 5.41) is 10.5. The van der Waals surface area contributed by atoms with Crippen LogP contribution in [0.1, 0.15) is 24.2 Å². The van der Waals surface area contributed by atoms with Gasteiger partial charge < -0.3 is 9.84 Å². The molecule has 2 nitrogen and oxygen atoms in total. The number of halogens is 2. The minimum Gasteiger partial charge on any atom is -0.454 e. The number of aliphatic hydroxyl groups excluding tert-OH is 1. The molecular formula is C15H14Cl2O2. The van der Waals surface area contributed by atoms with E-state index in [9.17, 15) is 5.11 Å². The van der Waals surface area contributed by atoms with Gasteiger partial charge in [0.05, 0.1) is 16.1 Å². The highest BCUT2D eigenvalue weighted by Gasteiger charge is 2.09. The van der Waals surface area contributed by atoms with Crippen molar-refractivity contribution in [3.05, 3.63) is 57.6 Å². The Morgan fingerprint density at radius 3 is 2.11 bits per heavy atom. The molecule has 2 rings (SSSR count). The van der Waals surface area contributed by atoms with Crippen LogP contribution in [0.15, 0.2) is 36.4 Å². The van der Waals surface area contributed by atoms with Gasteiger partial charge in [0.15, 0.2) is 0 Å². The van der Waals surface area contributed by atoms with Crippen LogP contribution in [0, 0.1) is 6.92 Å². The highest BCUT2D eigenvalue weighted by molar-refractivity contribution is 6.33. The number of hydrogen-bond acceptors (Lipinski definition) is 2. The third-order valence-electron chi connectivity index (χ3n) is 2.75. The minimum atomic E-state index is -0.561. The fourth-order valence-corrected chi connectivity index (χ4v) is 2.17. The summed E-state index contributed by atoms with van der Waals surface area (Å²) in [5.74, 6) is 1.07. The molecule has 0 heterocycles. The molecule has 0 bridgehead atoms. The van der Waals surface area contributed by atoms with Crippen LogP contribution < -0.4 is 4.74 Å². The molecule has 0 amide bonds. The Bertz CT molecular complexity index is 595. The summed E-state index contributed by atoms with van der Waals surface area (Å²) >= 11 is 12.2. The summed E-state index contributed by atoms with van der Waals surface area (Å²) < 4.78 is 5.68. The fraction of sp³-hybridized carbons (Fsp3) is 0.200. The lowest BCUT2D eigenvalue weighted by Gasteiger charge is -2.11.